The molecular formula is C8H16BBr. The highest BCUT2D eigenvalue weighted by Gasteiger charge is 2.24. The van der Waals surface area contributed by atoms with Crippen LogP contribution in [0.3, 0.4) is 0 Å². The van der Waals surface area contributed by atoms with Crippen molar-refractivity contribution in [2.24, 2.45) is 5.92 Å². The molecule has 0 saturated carbocycles. The SMILES string of the molecule is CCCC[C@@H]1CCB(Br)C1. The molecule has 0 nitrogen and oxygen atoms in total. The molecule has 1 rings (SSSR count). The van der Waals surface area contributed by atoms with Gasteiger partial charge in [-0.2, -0.15) is 15.8 Å². The molecule has 10 heavy (non-hydrogen) atoms. The third-order valence-electron chi connectivity index (χ3n) is 2.44. The first-order valence-corrected chi connectivity index (χ1v) is 5.38. The van der Waals surface area contributed by atoms with Crippen molar-refractivity contribution in [1.29, 1.82) is 0 Å². The van der Waals surface area contributed by atoms with Crippen LogP contribution in [0.4, 0.5) is 0 Å². The number of halogens is 1. The lowest BCUT2D eigenvalue weighted by atomic mass is 9.75. The maximum atomic E-state index is 3.67. The summed E-state index contributed by atoms with van der Waals surface area (Å²) in [4.78, 5) is 0. The van der Waals surface area contributed by atoms with Gasteiger partial charge in [0.2, 0.25) is 5.54 Å². The van der Waals surface area contributed by atoms with Crippen LogP contribution >= 0.6 is 15.8 Å². The van der Waals surface area contributed by atoms with E-state index in [-0.39, 0.29) is 0 Å². The average Bonchev–Trinajstić information content (AvgIpc) is 2.31. The van der Waals surface area contributed by atoms with Gasteiger partial charge in [0.05, 0.1) is 0 Å². The van der Waals surface area contributed by atoms with Crippen LogP contribution < -0.4 is 0 Å². The van der Waals surface area contributed by atoms with E-state index in [4.69, 9.17) is 0 Å². The standard InChI is InChI=1S/C8H16BBr/c1-2-3-4-8-5-6-9(10)7-8/h8H,2-7H2,1H3/t8-/m1/s1. The molecule has 0 radical (unpaired) electrons. The molecule has 0 spiro atoms. The van der Waals surface area contributed by atoms with Crippen molar-refractivity contribution >= 4 is 21.3 Å². The fourth-order valence-electron chi connectivity index (χ4n) is 1.77. The van der Waals surface area contributed by atoms with E-state index < -0.39 is 0 Å². The molecule has 1 fully saturated rings. The summed E-state index contributed by atoms with van der Waals surface area (Å²) in [6, 6.07) is 0. The normalized spacial score (nSPS) is 25.8. The van der Waals surface area contributed by atoms with Crippen LogP contribution in [0.15, 0.2) is 0 Å². The third-order valence-corrected chi connectivity index (χ3v) is 3.27. The van der Waals surface area contributed by atoms with Gasteiger partial charge in [0.25, 0.3) is 0 Å². The van der Waals surface area contributed by atoms with Gasteiger partial charge >= 0.3 is 0 Å². The first kappa shape index (κ1) is 8.64. The van der Waals surface area contributed by atoms with Crippen LogP contribution in [0, 0.1) is 5.92 Å². The van der Waals surface area contributed by atoms with Gasteiger partial charge < -0.3 is 0 Å². The van der Waals surface area contributed by atoms with E-state index in [2.05, 4.69) is 22.7 Å². The van der Waals surface area contributed by atoms with Gasteiger partial charge in [-0.3, -0.25) is 0 Å². The van der Waals surface area contributed by atoms with Gasteiger partial charge in [-0.25, -0.2) is 0 Å². The molecule has 0 aromatic carbocycles. The highest BCUT2D eigenvalue weighted by atomic mass is 79.9. The molecule has 0 N–H and O–H groups in total. The van der Waals surface area contributed by atoms with Crippen LogP contribution in [-0.2, 0) is 0 Å². The summed E-state index contributed by atoms with van der Waals surface area (Å²) in [7, 11) is 0. The Balaban J connectivity index is 2.06. The van der Waals surface area contributed by atoms with Crippen molar-refractivity contribution in [1.82, 2.24) is 0 Å². The molecule has 1 saturated heterocycles. The van der Waals surface area contributed by atoms with Gasteiger partial charge in [-0.15, -0.1) is 0 Å². The Morgan fingerprint density at radius 3 is 2.90 bits per heavy atom. The van der Waals surface area contributed by atoms with Gasteiger partial charge in [0, 0.05) is 0 Å². The second kappa shape index (κ2) is 4.43. The monoisotopic (exact) mass is 202 g/mol. The summed E-state index contributed by atoms with van der Waals surface area (Å²) >= 11 is 3.67. The molecule has 0 aromatic heterocycles. The molecular weight excluding hydrogens is 187 g/mol. The number of unbranched alkanes of at least 4 members (excludes halogenated alkanes) is 1. The van der Waals surface area contributed by atoms with Gasteiger partial charge in [0.15, 0.2) is 0 Å². The molecule has 58 valence electrons. The Morgan fingerprint density at radius 1 is 1.60 bits per heavy atom. The second-order valence-corrected chi connectivity index (χ2v) is 4.71. The van der Waals surface area contributed by atoms with Gasteiger partial charge in [-0.1, -0.05) is 45.2 Å². The van der Waals surface area contributed by atoms with E-state index in [1.807, 2.05) is 0 Å². The lowest BCUT2D eigenvalue weighted by molar-refractivity contribution is 0.511. The molecule has 1 aliphatic heterocycles. The second-order valence-electron chi connectivity index (χ2n) is 3.42. The van der Waals surface area contributed by atoms with Gasteiger partial charge in [-0.05, 0) is 5.92 Å². The number of hydrogen-bond acceptors (Lipinski definition) is 0. The van der Waals surface area contributed by atoms with Crippen molar-refractivity contribution in [2.75, 3.05) is 0 Å². The minimum atomic E-state index is 0.842. The lowest BCUT2D eigenvalue weighted by Gasteiger charge is -2.06. The third kappa shape index (κ3) is 2.65. The summed E-state index contributed by atoms with van der Waals surface area (Å²) in [5.41, 5.74) is 0.842. The summed E-state index contributed by atoms with van der Waals surface area (Å²) in [5.74, 6) is 1.05. The molecule has 0 aromatic rings. The minimum Gasteiger partial charge on any atom is -0.157 e. The molecule has 2 heteroatoms. The highest BCUT2D eigenvalue weighted by Crippen LogP contribution is 2.32. The maximum absolute atomic E-state index is 3.67. The quantitative estimate of drug-likeness (QED) is 0.614. The van der Waals surface area contributed by atoms with Gasteiger partial charge in [0.1, 0.15) is 0 Å². The molecule has 1 aliphatic rings. The Morgan fingerprint density at radius 2 is 2.40 bits per heavy atom. The lowest BCUT2D eigenvalue weighted by Crippen LogP contribution is -1.96. The summed E-state index contributed by atoms with van der Waals surface area (Å²) in [6.07, 6.45) is 8.58. The number of rotatable bonds is 3. The zero-order valence-electron chi connectivity index (χ0n) is 6.78. The summed E-state index contributed by atoms with van der Waals surface area (Å²) in [6.45, 7) is 2.28. The van der Waals surface area contributed by atoms with Crippen LogP contribution in [-0.4, -0.2) is 5.54 Å². The van der Waals surface area contributed by atoms with Crippen LogP contribution in [0.1, 0.15) is 32.6 Å². The largest absolute Gasteiger partial charge is 0.223 e. The zero-order chi connectivity index (χ0) is 7.40. The predicted octanol–water partition coefficient (Wildman–Crippen LogP) is 3.58. The van der Waals surface area contributed by atoms with E-state index in [9.17, 15) is 0 Å². The van der Waals surface area contributed by atoms with Crippen LogP contribution in [0.2, 0.25) is 12.6 Å². The Hall–Kier alpha value is 0.545. The molecule has 0 aliphatic carbocycles. The van der Waals surface area contributed by atoms with E-state index in [0.717, 1.165) is 11.5 Å². The Bertz CT molecular complexity index is 95.3. The topological polar surface area (TPSA) is 0 Å². The van der Waals surface area contributed by atoms with Crippen molar-refractivity contribution < 1.29 is 0 Å². The number of hydrogen-bond donors (Lipinski definition) is 0. The van der Waals surface area contributed by atoms with E-state index in [1.165, 1.54) is 38.3 Å². The van der Waals surface area contributed by atoms with E-state index in [1.54, 1.807) is 0 Å². The van der Waals surface area contributed by atoms with Crippen LogP contribution in [0.5, 0.6) is 0 Å². The first-order valence-electron chi connectivity index (χ1n) is 4.47. The molecule has 1 heterocycles. The molecule has 0 unspecified atom stereocenters. The molecule has 0 bridgehead atoms. The van der Waals surface area contributed by atoms with E-state index >= 15 is 0 Å². The fourth-order valence-corrected chi connectivity index (χ4v) is 2.56. The Kier molecular flexibility index (Phi) is 3.83. The maximum Gasteiger partial charge on any atom is 0.223 e. The van der Waals surface area contributed by atoms with Crippen molar-refractivity contribution in [3.8, 4) is 0 Å². The Labute approximate surface area is 72.8 Å². The van der Waals surface area contributed by atoms with Crippen molar-refractivity contribution in [3.63, 3.8) is 0 Å². The molecule has 0 amide bonds. The smallest absolute Gasteiger partial charge is 0.157 e. The highest BCUT2D eigenvalue weighted by molar-refractivity contribution is 9.24. The van der Waals surface area contributed by atoms with Crippen LogP contribution in [0.25, 0.3) is 0 Å². The van der Waals surface area contributed by atoms with Crippen molar-refractivity contribution in [3.05, 3.63) is 0 Å². The minimum absolute atomic E-state index is 0.842. The van der Waals surface area contributed by atoms with Crippen molar-refractivity contribution in [2.45, 2.75) is 45.2 Å². The first-order chi connectivity index (χ1) is 4.83. The fraction of sp³-hybridized carbons (Fsp3) is 1.00. The average molecular weight is 203 g/mol. The van der Waals surface area contributed by atoms with E-state index in [0.29, 0.717) is 0 Å². The molecule has 1 atom stereocenters. The summed E-state index contributed by atoms with van der Waals surface area (Å²) < 4.78 is 0. The predicted molar refractivity (Wildman–Crippen MR) is 51.9 cm³/mol. The summed E-state index contributed by atoms with van der Waals surface area (Å²) in [5, 5.41) is 0. The zero-order valence-corrected chi connectivity index (χ0v) is 8.36.